The van der Waals surface area contributed by atoms with Gasteiger partial charge in [0, 0.05) is 13.1 Å². The maximum absolute atomic E-state index is 4.49. The second-order valence-corrected chi connectivity index (χ2v) is 5.37. The van der Waals surface area contributed by atoms with Crippen LogP contribution in [0.15, 0.2) is 6.20 Å². The van der Waals surface area contributed by atoms with Crippen LogP contribution in [0.4, 0.5) is 5.82 Å². The van der Waals surface area contributed by atoms with E-state index in [1.165, 1.54) is 12.8 Å². The smallest absolute Gasteiger partial charge is 0.144 e. The first-order chi connectivity index (χ1) is 8.09. The molecule has 0 bridgehead atoms. The van der Waals surface area contributed by atoms with Crippen molar-refractivity contribution in [2.24, 2.45) is 5.41 Å². The first kappa shape index (κ1) is 12.3. The van der Waals surface area contributed by atoms with E-state index in [0.717, 1.165) is 36.8 Å². The predicted octanol–water partition coefficient (Wildman–Crippen LogP) is 1.90. The Balaban J connectivity index is 1.94. The third-order valence-electron chi connectivity index (χ3n) is 3.57. The number of nitrogens with zero attached hydrogens (tertiary/aromatic N) is 2. The number of aryl methyl sites for hydroxylation is 2. The lowest BCUT2D eigenvalue weighted by Gasteiger charge is -2.34. The van der Waals surface area contributed by atoms with E-state index in [9.17, 15) is 0 Å². The van der Waals surface area contributed by atoms with E-state index in [-0.39, 0.29) is 0 Å². The molecule has 4 nitrogen and oxygen atoms in total. The molecule has 1 saturated heterocycles. The molecule has 0 aromatic carbocycles. The molecule has 2 rings (SSSR count). The molecule has 1 aliphatic heterocycles. The minimum atomic E-state index is 0.332. The zero-order chi connectivity index (χ0) is 12.3. The zero-order valence-electron chi connectivity index (χ0n) is 11.0. The largest absolute Gasteiger partial charge is 0.368 e. The van der Waals surface area contributed by atoms with Crippen LogP contribution in [0.3, 0.4) is 0 Å². The van der Waals surface area contributed by atoms with Gasteiger partial charge in [-0.3, -0.25) is 4.98 Å². The zero-order valence-corrected chi connectivity index (χ0v) is 11.0. The van der Waals surface area contributed by atoms with Crippen LogP contribution in [0, 0.1) is 19.3 Å². The summed E-state index contributed by atoms with van der Waals surface area (Å²) in [6, 6.07) is 0. The van der Waals surface area contributed by atoms with Gasteiger partial charge < -0.3 is 10.6 Å². The molecule has 0 saturated carbocycles. The van der Waals surface area contributed by atoms with Gasteiger partial charge in [-0.05, 0) is 38.6 Å². The molecule has 4 heteroatoms. The molecular formula is C13H22N4. The van der Waals surface area contributed by atoms with Crippen molar-refractivity contribution in [2.45, 2.75) is 33.6 Å². The highest BCUT2D eigenvalue weighted by Gasteiger charge is 2.26. The highest BCUT2D eigenvalue weighted by atomic mass is 15.0. The van der Waals surface area contributed by atoms with Crippen molar-refractivity contribution < 1.29 is 0 Å². The van der Waals surface area contributed by atoms with Crippen molar-refractivity contribution in [3.63, 3.8) is 0 Å². The molecule has 1 fully saturated rings. The van der Waals surface area contributed by atoms with Gasteiger partial charge >= 0.3 is 0 Å². The van der Waals surface area contributed by atoms with Crippen LogP contribution in [-0.4, -0.2) is 29.6 Å². The Bertz CT molecular complexity index is 383. The second kappa shape index (κ2) is 5.00. The Labute approximate surface area is 103 Å². The molecule has 17 heavy (non-hydrogen) atoms. The molecular weight excluding hydrogens is 212 g/mol. The number of nitrogens with one attached hydrogen (secondary N) is 2. The van der Waals surface area contributed by atoms with Gasteiger partial charge in [0.1, 0.15) is 5.82 Å². The molecule has 1 aromatic heterocycles. The first-order valence-corrected chi connectivity index (χ1v) is 6.34. The monoisotopic (exact) mass is 234 g/mol. The Hall–Kier alpha value is -1.16. The summed E-state index contributed by atoms with van der Waals surface area (Å²) in [5, 5.41) is 6.87. The van der Waals surface area contributed by atoms with Crippen LogP contribution in [-0.2, 0) is 0 Å². The van der Waals surface area contributed by atoms with Crippen molar-refractivity contribution in [1.29, 1.82) is 0 Å². The average Bonchev–Trinajstić information content (AvgIpc) is 2.32. The molecule has 0 spiro atoms. The van der Waals surface area contributed by atoms with Crippen LogP contribution in [0.25, 0.3) is 0 Å². The van der Waals surface area contributed by atoms with E-state index in [0.29, 0.717) is 5.41 Å². The number of piperidine rings is 1. The Kier molecular flexibility index (Phi) is 3.62. The van der Waals surface area contributed by atoms with Gasteiger partial charge in [-0.2, -0.15) is 0 Å². The molecule has 2 heterocycles. The normalized spacial score (nSPS) is 24.6. The van der Waals surface area contributed by atoms with Gasteiger partial charge in [0.05, 0.1) is 17.6 Å². The highest BCUT2D eigenvalue weighted by Crippen LogP contribution is 2.25. The molecule has 1 unspecified atom stereocenters. The number of hydrogen-bond donors (Lipinski definition) is 2. The summed E-state index contributed by atoms with van der Waals surface area (Å²) in [7, 11) is 0. The molecule has 1 aliphatic rings. The quantitative estimate of drug-likeness (QED) is 0.838. The summed E-state index contributed by atoms with van der Waals surface area (Å²) in [6.45, 7) is 9.49. The number of hydrogen-bond acceptors (Lipinski definition) is 4. The molecule has 2 N–H and O–H groups in total. The van der Waals surface area contributed by atoms with Crippen LogP contribution in [0.2, 0.25) is 0 Å². The van der Waals surface area contributed by atoms with E-state index in [2.05, 4.69) is 27.5 Å². The van der Waals surface area contributed by atoms with E-state index in [4.69, 9.17) is 0 Å². The number of anilines is 1. The lowest BCUT2D eigenvalue weighted by atomic mass is 9.83. The van der Waals surface area contributed by atoms with Gasteiger partial charge in [0.15, 0.2) is 0 Å². The fourth-order valence-corrected chi connectivity index (χ4v) is 2.20. The highest BCUT2D eigenvalue weighted by molar-refractivity contribution is 5.33. The van der Waals surface area contributed by atoms with Gasteiger partial charge in [-0.1, -0.05) is 6.92 Å². The lowest BCUT2D eigenvalue weighted by molar-refractivity contribution is 0.253. The summed E-state index contributed by atoms with van der Waals surface area (Å²) in [4.78, 5) is 8.82. The van der Waals surface area contributed by atoms with Gasteiger partial charge in [-0.15, -0.1) is 0 Å². The third kappa shape index (κ3) is 3.16. The van der Waals surface area contributed by atoms with Crippen LogP contribution >= 0.6 is 0 Å². The minimum Gasteiger partial charge on any atom is -0.368 e. The minimum absolute atomic E-state index is 0.332. The fourth-order valence-electron chi connectivity index (χ4n) is 2.20. The van der Waals surface area contributed by atoms with E-state index >= 15 is 0 Å². The molecule has 0 amide bonds. The second-order valence-electron chi connectivity index (χ2n) is 5.37. The Morgan fingerprint density at radius 1 is 1.41 bits per heavy atom. The first-order valence-electron chi connectivity index (χ1n) is 6.34. The van der Waals surface area contributed by atoms with Crippen LogP contribution < -0.4 is 10.6 Å². The van der Waals surface area contributed by atoms with Gasteiger partial charge in [0.2, 0.25) is 0 Å². The number of rotatable bonds is 3. The lowest BCUT2D eigenvalue weighted by Crippen LogP contribution is -2.42. The van der Waals surface area contributed by atoms with Crippen molar-refractivity contribution in [1.82, 2.24) is 15.3 Å². The average molecular weight is 234 g/mol. The number of aromatic nitrogens is 2. The van der Waals surface area contributed by atoms with Crippen molar-refractivity contribution >= 4 is 5.82 Å². The van der Waals surface area contributed by atoms with E-state index in [1.54, 1.807) is 0 Å². The molecule has 94 valence electrons. The summed E-state index contributed by atoms with van der Waals surface area (Å²) in [6.07, 6.45) is 4.35. The predicted molar refractivity (Wildman–Crippen MR) is 70.2 cm³/mol. The Morgan fingerprint density at radius 2 is 2.24 bits per heavy atom. The Morgan fingerprint density at radius 3 is 2.88 bits per heavy atom. The van der Waals surface area contributed by atoms with E-state index in [1.807, 2.05) is 20.0 Å². The van der Waals surface area contributed by atoms with Crippen molar-refractivity contribution in [3.8, 4) is 0 Å². The van der Waals surface area contributed by atoms with Gasteiger partial charge in [0.25, 0.3) is 0 Å². The standard InChI is InChI=1S/C13H22N4/c1-10-11(2)17-12(7-15-10)16-9-13(3)5-4-6-14-8-13/h7,14H,4-6,8-9H2,1-3H3,(H,16,17). The summed E-state index contributed by atoms with van der Waals surface area (Å²) in [5.41, 5.74) is 2.33. The van der Waals surface area contributed by atoms with E-state index < -0.39 is 0 Å². The molecule has 0 radical (unpaired) electrons. The maximum atomic E-state index is 4.49. The topological polar surface area (TPSA) is 49.8 Å². The third-order valence-corrected chi connectivity index (χ3v) is 3.57. The maximum Gasteiger partial charge on any atom is 0.144 e. The fraction of sp³-hybridized carbons (Fsp3) is 0.692. The van der Waals surface area contributed by atoms with Gasteiger partial charge in [-0.25, -0.2) is 4.98 Å². The molecule has 1 atom stereocenters. The molecule has 1 aromatic rings. The van der Waals surface area contributed by atoms with Crippen LogP contribution in [0.1, 0.15) is 31.2 Å². The summed E-state index contributed by atoms with van der Waals surface area (Å²) < 4.78 is 0. The summed E-state index contributed by atoms with van der Waals surface area (Å²) in [5.74, 6) is 0.889. The molecule has 0 aliphatic carbocycles. The van der Waals surface area contributed by atoms with Crippen LogP contribution in [0.5, 0.6) is 0 Å². The van der Waals surface area contributed by atoms with Crippen molar-refractivity contribution in [2.75, 3.05) is 25.0 Å². The SMILES string of the molecule is Cc1ncc(NCC2(C)CCCNC2)nc1C. The van der Waals surface area contributed by atoms with Crippen molar-refractivity contribution in [3.05, 3.63) is 17.6 Å². The summed E-state index contributed by atoms with van der Waals surface area (Å²) >= 11 is 0.